The molecule has 1 aliphatic heterocycles. The number of nitrogens with one attached hydrogen (secondary N) is 2. The van der Waals surface area contributed by atoms with Crippen LogP contribution in [0.2, 0.25) is 0 Å². The first kappa shape index (κ1) is 27.0. The van der Waals surface area contributed by atoms with Crippen molar-refractivity contribution in [3.05, 3.63) is 0 Å². The summed E-state index contributed by atoms with van der Waals surface area (Å²) < 4.78 is 9.71. The van der Waals surface area contributed by atoms with Crippen LogP contribution in [0.25, 0.3) is 0 Å². The Bertz CT molecular complexity index is 740. The second-order valence-electron chi connectivity index (χ2n) is 7.86. The molecule has 2 amide bonds. The molecule has 13 nitrogen and oxygen atoms in total. The minimum atomic E-state index is -1.64. The summed E-state index contributed by atoms with van der Waals surface area (Å²) in [6.07, 6.45) is -1.40. The number of hydrogen-bond acceptors (Lipinski definition) is 10. The monoisotopic (exact) mass is 458 g/mol. The van der Waals surface area contributed by atoms with Gasteiger partial charge in [-0.05, 0) is 25.2 Å². The Balaban J connectivity index is 2.70. The summed E-state index contributed by atoms with van der Waals surface area (Å²) in [6, 6.07) is -3.25. The van der Waals surface area contributed by atoms with Crippen LogP contribution in [0, 0.1) is 5.92 Å². The number of carbonyl (C=O) groups excluding carboxylic acids is 5. The normalized spacial score (nSPS) is 18.4. The number of nitrogens with two attached hydrogens (primary N) is 2. The fraction of sp³-hybridized carbons (Fsp3) is 0.684. The molecule has 0 aromatic rings. The first-order chi connectivity index (χ1) is 14.9. The maximum Gasteiger partial charge on any atom is 0.346 e. The Morgan fingerprint density at radius 1 is 1.22 bits per heavy atom. The van der Waals surface area contributed by atoms with Gasteiger partial charge in [0.15, 0.2) is 0 Å². The third-order valence-corrected chi connectivity index (χ3v) is 4.56. The van der Waals surface area contributed by atoms with Crippen molar-refractivity contribution in [1.82, 2.24) is 10.6 Å². The first-order valence-electron chi connectivity index (χ1n) is 10.2. The molecular weight excluding hydrogens is 428 g/mol. The number of carboxylic acids is 1. The van der Waals surface area contributed by atoms with Gasteiger partial charge in [-0.15, -0.1) is 0 Å². The van der Waals surface area contributed by atoms with Gasteiger partial charge >= 0.3 is 23.9 Å². The second-order valence-corrected chi connectivity index (χ2v) is 7.86. The van der Waals surface area contributed by atoms with E-state index < -0.39 is 60.6 Å². The highest BCUT2D eigenvalue weighted by Crippen LogP contribution is 2.11. The van der Waals surface area contributed by atoms with Crippen molar-refractivity contribution < 1.29 is 43.3 Å². The second kappa shape index (κ2) is 12.7. The molecule has 1 heterocycles. The van der Waals surface area contributed by atoms with Gasteiger partial charge < -0.3 is 36.7 Å². The van der Waals surface area contributed by atoms with E-state index in [4.69, 9.17) is 20.9 Å². The van der Waals surface area contributed by atoms with Crippen molar-refractivity contribution in [2.45, 2.75) is 70.2 Å². The van der Waals surface area contributed by atoms with Crippen LogP contribution in [0.1, 0.15) is 46.0 Å². The van der Waals surface area contributed by atoms with Crippen LogP contribution in [-0.4, -0.2) is 71.6 Å². The number of ether oxygens (including phenoxy) is 2. The third kappa shape index (κ3) is 9.39. The number of aliphatic carboxylic acids is 1. The molecule has 0 spiro atoms. The lowest BCUT2D eigenvalue weighted by atomic mass is 10.0. The van der Waals surface area contributed by atoms with E-state index in [2.05, 4.69) is 10.6 Å². The zero-order chi connectivity index (χ0) is 24.4. The molecule has 1 rings (SSSR count). The molecule has 180 valence electrons. The van der Waals surface area contributed by atoms with Gasteiger partial charge in [-0.2, -0.15) is 0 Å². The molecule has 0 aliphatic carbocycles. The van der Waals surface area contributed by atoms with Crippen molar-refractivity contribution in [1.29, 1.82) is 0 Å². The highest BCUT2D eigenvalue weighted by Gasteiger charge is 2.33. The smallest absolute Gasteiger partial charge is 0.346 e. The average Bonchev–Trinajstić information content (AvgIpc) is 3.13. The number of amides is 2. The van der Waals surface area contributed by atoms with Crippen LogP contribution in [0.3, 0.4) is 0 Å². The van der Waals surface area contributed by atoms with Crippen LogP contribution in [-0.2, 0) is 38.2 Å². The first-order valence-corrected chi connectivity index (χ1v) is 10.2. The lowest BCUT2D eigenvalue weighted by molar-refractivity contribution is -0.166. The number of rotatable bonds is 13. The zero-order valence-electron chi connectivity index (χ0n) is 18.0. The summed E-state index contributed by atoms with van der Waals surface area (Å²) in [6.45, 7) is 3.13. The lowest BCUT2D eigenvalue weighted by Crippen LogP contribution is -2.48. The average molecular weight is 458 g/mol. The molecule has 1 fully saturated rings. The molecule has 0 saturated carbocycles. The van der Waals surface area contributed by atoms with Gasteiger partial charge in [-0.25, -0.2) is 19.2 Å². The Morgan fingerprint density at radius 3 is 2.38 bits per heavy atom. The molecular formula is C19H30N4O9. The van der Waals surface area contributed by atoms with Crippen molar-refractivity contribution in [3.8, 4) is 0 Å². The minimum Gasteiger partial charge on any atom is -0.478 e. The van der Waals surface area contributed by atoms with Crippen molar-refractivity contribution in [3.63, 3.8) is 0 Å². The highest BCUT2D eigenvalue weighted by atomic mass is 16.6. The minimum absolute atomic E-state index is 0.0433. The molecule has 32 heavy (non-hydrogen) atoms. The van der Waals surface area contributed by atoms with Crippen molar-refractivity contribution in [2.24, 2.45) is 17.4 Å². The molecule has 1 aliphatic rings. The Labute approximate surface area is 184 Å². The predicted octanol–water partition coefficient (Wildman–Crippen LogP) is -2.07. The van der Waals surface area contributed by atoms with Gasteiger partial charge in [0, 0.05) is 19.4 Å². The van der Waals surface area contributed by atoms with Gasteiger partial charge in [0.05, 0.1) is 0 Å². The standard InChI is InChI=1S/C19H30N4O9/c1-9(2)7-12(19(30)32-17(28)10(20)3-5-14(21)24)22-8-13(16(26)27)31-18(29)11-4-6-15(25)23-11/h9-13,22H,3-8,20H2,1-2H3,(H2,21,24)(H,23,25)(H,26,27)/t10?,11-,12?,13-/m0/s1. The summed E-state index contributed by atoms with van der Waals surface area (Å²) in [4.78, 5) is 70.0. The summed E-state index contributed by atoms with van der Waals surface area (Å²) in [7, 11) is 0. The van der Waals surface area contributed by atoms with E-state index in [-0.39, 0.29) is 43.9 Å². The van der Waals surface area contributed by atoms with Crippen LogP contribution < -0.4 is 22.1 Å². The summed E-state index contributed by atoms with van der Waals surface area (Å²) >= 11 is 0. The van der Waals surface area contributed by atoms with E-state index >= 15 is 0 Å². The van der Waals surface area contributed by atoms with Crippen LogP contribution in [0.4, 0.5) is 0 Å². The molecule has 13 heteroatoms. The van der Waals surface area contributed by atoms with Gasteiger partial charge in [0.1, 0.15) is 18.1 Å². The topological polar surface area (TPSA) is 217 Å². The molecule has 0 aromatic carbocycles. The number of esters is 3. The van der Waals surface area contributed by atoms with Gasteiger partial charge in [-0.1, -0.05) is 13.8 Å². The number of hydrogen-bond donors (Lipinski definition) is 5. The van der Waals surface area contributed by atoms with E-state index in [1.807, 2.05) is 0 Å². The molecule has 0 bridgehead atoms. The molecule has 1 saturated heterocycles. The number of primary amides is 1. The molecule has 7 N–H and O–H groups in total. The molecule has 4 atom stereocenters. The predicted molar refractivity (Wildman–Crippen MR) is 107 cm³/mol. The van der Waals surface area contributed by atoms with E-state index in [1.165, 1.54) is 0 Å². The third-order valence-electron chi connectivity index (χ3n) is 4.56. The van der Waals surface area contributed by atoms with Crippen molar-refractivity contribution in [2.75, 3.05) is 6.54 Å². The molecule has 0 aromatic heterocycles. The Morgan fingerprint density at radius 2 is 1.88 bits per heavy atom. The number of carbonyl (C=O) groups is 6. The summed E-state index contributed by atoms with van der Waals surface area (Å²) in [5.74, 6) is -5.44. The Kier molecular flexibility index (Phi) is 10.7. The van der Waals surface area contributed by atoms with E-state index in [0.29, 0.717) is 0 Å². The highest BCUT2D eigenvalue weighted by molar-refractivity contribution is 5.91. The van der Waals surface area contributed by atoms with Crippen LogP contribution in [0.15, 0.2) is 0 Å². The summed E-state index contributed by atoms with van der Waals surface area (Å²) in [5.41, 5.74) is 10.6. The van der Waals surface area contributed by atoms with Crippen LogP contribution in [0.5, 0.6) is 0 Å². The van der Waals surface area contributed by atoms with Gasteiger partial charge in [0.25, 0.3) is 0 Å². The largest absolute Gasteiger partial charge is 0.478 e. The fourth-order valence-electron chi connectivity index (χ4n) is 2.84. The van der Waals surface area contributed by atoms with E-state index in [1.54, 1.807) is 13.8 Å². The van der Waals surface area contributed by atoms with Crippen LogP contribution >= 0.6 is 0 Å². The Hall–Kier alpha value is -3.06. The maximum atomic E-state index is 12.4. The van der Waals surface area contributed by atoms with Gasteiger partial charge in [0.2, 0.25) is 17.9 Å². The fourth-order valence-corrected chi connectivity index (χ4v) is 2.84. The van der Waals surface area contributed by atoms with Gasteiger partial charge in [-0.3, -0.25) is 9.59 Å². The zero-order valence-corrected chi connectivity index (χ0v) is 18.0. The van der Waals surface area contributed by atoms with E-state index in [9.17, 15) is 33.9 Å². The maximum absolute atomic E-state index is 12.4. The SMILES string of the molecule is CC(C)CC(NC[C@H](OC(=O)[C@@H]1CCC(=O)N1)C(=O)O)C(=O)OC(=O)C(N)CCC(N)=O. The van der Waals surface area contributed by atoms with E-state index in [0.717, 1.165) is 0 Å². The number of carboxylic acid groups (broad SMARTS) is 1. The lowest BCUT2D eigenvalue weighted by Gasteiger charge is -2.22. The summed E-state index contributed by atoms with van der Waals surface area (Å²) in [5, 5.41) is 14.4. The van der Waals surface area contributed by atoms with Crippen molar-refractivity contribution >= 4 is 35.7 Å². The molecule has 2 unspecified atom stereocenters. The quantitative estimate of drug-likeness (QED) is 0.149. The molecule has 0 radical (unpaired) electrons.